The van der Waals surface area contributed by atoms with Gasteiger partial charge in [-0.2, -0.15) is 12.6 Å². The van der Waals surface area contributed by atoms with Gasteiger partial charge in [0.2, 0.25) is 0 Å². The summed E-state index contributed by atoms with van der Waals surface area (Å²) in [5.74, 6) is 0.853. The maximum Gasteiger partial charge on any atom is 0.134 e. The summed E-state index contributed by atoms with van der Waals surface area (Å²) in [6, 6.07) is 32.6. The first-order valence-corrected chi connectivity index (χ1v) is 18.2. The zero-order chi connectivity index (χ0) is 35.2. The number of nitrogens with one attached hydrogen (secondary N) is 1. The Morgan fingerprint density at radius 1 is 0.920 bits per heavy atom. The molecule has 2 heterocycles. The molecule has 4 heteroatoms. The van der Waals surface area contributed by atoms with Gasteiger partial charge in [0.15, 0.2) is 0 Å². The molecule has 4 aromatic carbocycles. The zero-order valence-electron chi connectivity index (χ0n) is 29.3. The molecule has 1 aliphatic heterocycles. The van der Waals surface area contributed by atoms with E-state index >= 15 is 0 Å². The van der Waals surface area contributed by atoms with Crippen LogP contribution in [0, 0.1) is 0 Å². The van der Waals surface area contributed by atoms with Gasteiger partial charge in [-0.05, 0) is 94.8 Å². The number of fused-ring (bicyclic) bond motifs is 5. The monoisotopic (exact) mass is 671 g/mol. The Kier molecular flexibility index (Phi) is 10.7. The van der Waals surface area contributed by atoms with Crippen molar-refractivity contribution >= 4 is 57.0 Å². The van der Waals surface area contributed by atoms with Crippen molar-refractivity contribution in [3.05, 3.63) is 186 Å². The quantitative estimate of drug-likeness (QED) is 0.119. The third-order valence-corrected chi connectivity index (χ3v) is 9.54. The first-order chi connectivity index (χ1) is 24.6. The molecule has 50 heavy (non-hydrogen) atoms. The van der Waals surface area contributed by atoms with Gasteiger partial charge >= 0.3 is 0 Å². The highest BCUT2D eigenvalue weighted by Gasteiger charge is 2.29. The van der Waals surface area contributed by atoms with Crippen molar-refractivity contribution in [1.82, 2.24) is 9.88 Å². The van der Waals surface area contributed by atoms with Crippen molar-refractivity contribution in [3.8, 4) is 0 Å². The van der Waals surface area contributed by atoms with Gasteiger partial charge in [-0.25, -0.2) is 4.99 Å². The van der Waals surface area contributed by atoms with E-state index in [4.69, 9.17) is 4.99 Å². The Labute approximate surface area is 302 Å². The van der Waals surface area contributed by atoms with Crippen LogP contribution in [-0.4, -0.2) is 16.7 Å². The van der Waals surface area contributed by atoms with Crippen LogP contribution in [0.1, 0.15) is 60.7 Å². The number of benzene rings is 4. The third-order valence-electron chi connectivity index (χ3n) is 9.54. The summed E-state index contributed by atoms with van der Waals surface area (Å²) in [5.41, 5.74) is 14.4. The Hall–Kier alpha value is -5.32. The molecule has 0 fully saturated rings. The summed E-state index contributed by atoms with van der Waals surface area (Å²) in [7, 11) is 0. The van der Waals surface area contributed by atoms with Crippen LogP contribution in [0.2, 0.25) is 0 Å². The molecule has 1 aromatic heterocycles. The van der Waals surface area contributed by atoms with E-state index in [1.54, 1.807) is 6.26 Å². The van der Waals surface area contributed by atoms with Crippen LogP contribution in [0.4, 0.5) is 0 Å². The summed E-state index contributed by atoms with van der Waals surface area (Å²) >= 11 is 3.53. The van der Waals surface area contributed by atoms with Crippen molar-refractivity contribution in [3.63, 3.8) is 0 Å². The molecule has 0 amide bonds. The lowest BCUT2D eigenvalue weighted by Gasteiger charge is -2.27. The first kappa shape index (κ1) is 34.5. The number of para-hydroxylation sites is 1. The maximum atomic E-state index is 5.43. The van der Waals surface area contributed by atoms with Gasteiger partial charge in [0, 0.05) is 28.5 Å². The molecule has 1 unspecified atom stereocenters. The lowest BCUT2D eigenvalue weighted by molar-refractivity contribution is 0.524. The molecule has 1 N–H and O–H groups in total. The molecular formula is C46H45N3S. The number of amidine groups is 1. The molecule has 7 rings (SSSR count). The number of hydrogen-bond donors (Lipinski definition) is 2. The van der Waals surface area contributed by atoms with E-state index in [9.17, 15) is 0 Å². The van der Waals surface area contributed by atoms with E-state index in [-0.39, 0.29) is 6.17 Å². The van der Waals surface area contributed by atoms with Crippen LogP contribution < -0.4 is 5.32 Å². The second-order valence-corrected chi connectivity index (χ2v) is 12.3. The van der Waals surface area contributed by atoms with Crippen molar-refractivity contribution in [1.29, 1.82) is 0 Å². The summed E-state index contributed by atoms with van der Waals surface area (Å²) in [6.07, 6.45) is 16.4. The predicted molar refractivity (Wildman–Crippen MR) is 222 cm³/mol. The highest BCUT2D eigenvalue weighted by atomic mass is 32.1. The second kappa shape index (κ2) is 15.5. The largest absolute Gasteiger partial charge is 0.343 e. The van der Waals surface area contributed by atoms with E-state index in [1.807, 2.05) is 18.2 Å². The minimum Gasteiger partial charge on any atom is -0.343 e. The summed E-state index contributed by atoms with van der Waals surface area (Å²) in [5, 5.41) is 6.18. The van der Waals surface area contributed by atoms with Crippen molar-refractivity contribution in [2.75, 3.05) is 6.26 Å². The maximum absolute atomic E-state index is 5.43. The number of thiol groups is 1. The minimum atomic E-state index is -0.148. The molecule has 1 atom stereocenters. The molecule has 0 bridgehead atoms. The molecule has 2 aliphatic rings. The lowest BCUT2D eigenvalue weighted by atomic mass is 9.93. The number of rotatable bonds is 9. The van der Waals surface area contributed by atoms with Crippen molar-refractivity contribution < 1.29 is 0 Å². The van der Waals surface area contributed by atoms with Crippen LogP contribution in [0.15, 0.2) is 163 Å². The van der Waals surface area contributed by atoms with Crippen LogP contribution >= 0.6 is 12.6 Å². The number of aliphatic imine (C=N–C) groups is 1. The normalized spacial score (nSPS) is 16.8. The van der Waals surface area contributed by atoms with Gasteiger partial charge in [-0.3, -0.25) is 0 Å². The molecule has 0 saturated carbocycles. The van der Waals surface area contributed by atoms with E-state index < -0.39 is 0 Å². The molecule has 0 saturated heterocycles. The van der Waals surface area contributed by atoms with E-state index in [0.717, 1.165) is 47.5 Å². The van der Waals surface area contributed by atoms with Gasteiger partial charge in [-0.15, -0.1) is 0 Å². The molecular weight excluding hydrogens is 627 g/mol. The fourth-order valence-corrected chi connectivity index (χ4v) is 7.52. The third kappa shape index (κ3) is 6.28. The molecule has 3 nitrogen and oxygen atoms in total. The molecule has 0 radical (unpaired) electrons. The van der Waals surface area contributed by atoms with Gasteiger partial charge < -0.3 is 9.88 Å². The summed E-state index contributed by atoms with van der Waals surface area (Å²) in [4.78, 5) is 5.43. The van der Waals surface area contributed by atoms with E-state index in [0.29, 0.717) is 0 Å². The smallest absolute Gasteiger partial charge is 0.134 e. The average Bonchev–Trinajstić information content (AvgIpc) is 3.71. The topological polar surface area (TPSA) is 29.3 Å². The van der Waals surface area contributed by atoms with Crippen LogP contribution in [0.5, 0.6) is 0 Å². The van der Waals surface area contributed by atoms with Gasteiger partial charge in [0.25, 0.3) is 0 Å². The SMILES string of the molecule is C=C/C=C1\CC(n2c3ccccc3c3c4c(ccc32)C(C=C)=C(/C(=C\C)c2ccccc2)C4)N=C(c2cccc(/C(C=C)=C/CC)c2)N1.CS. The zero-order valence-corrected chi connectivity index (χ0v) is 30.2. The highest BCUT2D eigenvalue weighted by molar-refractivity contribution is 7.79. The highest BCUT2D eigenvalue weighted by Crippen LogP contribution is 2.46. The Morgan fingerprint density at radius 2 is 1.68 bits per heavy atom. The minimum absolute atomic E-state index is 0.148. The first-order valence-electron chi connectivity index (χ1n) is 17.3. The molecule has 0 spiro atoms. The van der Waals surface area contributed by atoms with Crippen molar-refractivity contribution in [2.24, 2.45) is 4.99 Å². The van der Waals surface area contributed by atoms with Gasteiger partial charge in [0.1, 0.15) is 12.0 Å². The number of aromatic nitrogens is 1. The average molecular weight is 672 g/mol. The van der Waals surface area contributed by atoms with Gasteiger partial charge in [0.05, 0.1) is 11.0 Å². The van der Waals surface area contributed by atoms with E-state index in [2.05, 4.69) is 165 Å². The Morgan fingerprint density at radius 3 is 2.40 bits per heavy atom. The second-order valence-electron chi connectivity index (χ2n) is 12.3. The number of hydrogen-bond acceptors (Lipinski definition) is 3. The summed E-state index contributed by atoms with van der Waals surface area (Å²) in [6.45, 7) is 16.6. The fourth-order valence-electron chi connectivity index (χ4n) is 7.52. The van der Waals surface area contributed by atoms with Crippen LogP contribution in [-0.2, 0) is 6.42 Å². The lowest BCUT2D eigenvalue weighted by Crippen LogP contribution is -2.31. The number of allylic oxidation sites excluding steroid dienone is 10. The standard InChI is InChI=1S/C45H41N3.CH4S/c1-6-17-30(8-3)32-21-16-22-33(27-32)45-46-34(18-7-2)28-43(47-45)48-41-24-15-14-23-38(41)44-40-29-39(35(9-4)31-19-12-11-13-20-31)36(10-5)37(40)25-26-42(44)48;1-2/h7-27,43H,2-3,5-6,28-29H2,1,4H3,(H,46,47);2H,1H3/b30-17+,34-18+,35-9-;. The summed E-state index contributed by atoms with van der Waals surface area (Å²) < 4.78 is 2.44. The molecule has 250 valence electrons. The molecule has 1 aliphatic carbocycles. The predicted octanol–water partition coefficient (Wildman–Crippen LogP) is 11.9. The van der Waals surface area contributed by atoms with Crippen LogP contribution in [0.3, 0.4) is 0 Å². The fraction of sp³-hybridized carbons (Fsp3) is 0.152. The van der Waals surface area contributed by atoms with Gasteiger partial charge in [-0.1, -0.05) is 130 Å². The molecule has 5 aromatic rings. The number of nitrogens with zero attached hydrogens (tertiary/aromatic N) is 2. The van der Waals surface area contributed by atoms with Crippen molar-refractivity contribution in [2.45, 2.75) is 39.3 Å². The Balaban J connectivity index is 0.00000212. The van der Waals surface area contributed by atoms with Crippen LogP contribution in [0.25, 0.3) is 38.5 Å². The Bertz CT molecular complexity index is 2260. The van der Waals surface area contributed by atoms with E-state index in [1.165, 1.54) is 55.2 Å².